The number of Topliss-reactive ketones (excluding diaryl/α,β-unsaturated/α-hetero) is 2. The number of methoxy groups -OCH3 is 2. The standard InChI is InChI=1S/C40H40ClN3O11/c1-19-10-26(45)33(37(48)40(19)38(49)34-29(51-3)14-30(52-4)35(41)36(34)55-40)24(22-8-9-27-28(12-22)54-18-53-27)13-31(46)42-20(2)39(50)43-15-21-11-23(17-43)25-6-5-7-32(47)44(25)16-21/h5-9,12,14,19-21,23-24,48H,10-11,13,15-18H2,1-4H3,(H,42,46)/t19?,20?,21-,23+,24?,40?/m1/s1. The molecule has 0 saturated carbocycles. The second-order valence-corrected chi connectivity index (χ2v) is 15.2. The van der Waals surface area contributed by atoms with E-state index >= 15 is 0 Å². The fourth-order valence-electron chi connectivity index (χ4n) is 8.95. The molecule has 55 heavy (non-hydrogen) atoms. The van der Waals surface area contributed by atoms with E-state index in [0.717, 1.165) is 12.1 Å². The van der Waals surface area contributed by atoms with Crippen molar-refractivity contribution in [3.8, 4) is 28.7 Å². The Labute approximate surface area is 320 Å². The minimum atomic E-state index is -2.07. The Morgan fingerprint density at radius 1 is 1.04 bits per heavy atom. The van der Waals surface area contributed by atoms with E-state index in [1.807, 2.05) is 6.07 Å². The molecule has 5 aliphatic rings. The van der Waals surface area contributed by atoms with Gasteiger partial charge >= 0.3 is 0 Å². The maximum absolute atomic E-state index is 14.5. The average Bonchev–Trinajstić information content (AvgIpc) is 3.77. The molecule has 1 aromatic heterocycles. The SMILES string of the molecule is COc1cc(OC)c2c(c1Cl)OC1(C2=O)C(O)=C(C(CC(=O)NC(C)C(=O)N2C[C@H]3C[C@@H](C2)c2cccc(=O)n2C3)c2ccc3c(c2)OCO3)C(=O)CC1C. The first kappa shape index (κ1) is 36.5. The number of aromatic nitrogens is 1. The minimum Gasteiger partial charge on any atom is -0.507 e. The molecule has 14 nitrogen and oxygen atoms in total. The number of likely N-dealkylation sites (tertiary alicyclic amines) is 1. The van der Waals surface area contributed by atoms with Gasteiger partial charge in [0.05, 0.1) is 14.2 Å². The number of carbonyl (C=O) groups is 4. The van der Waals surface area contributed by atoms with E-state index in [2.05, 4.69) is 5.32 Å². The van der Waals surface area contributed by atoms with Gasteiger partial charge in [-0.25, -0.2) is 0 Å². The summed E-state index contributed by atoms with van der Waals surface area (Å²) < 4.78 is 30.1. The number of amides is 2. The van der Waals surface area contributed by atoms with E-state index in [9.17, 15) is 29.1 Å². The molecule has 2 bridgehead atoms. The Hall–Kier alpha value is -5.50. The zero-order valence-electron chi connectivity index (χ0n) is 30.7. The highest BCUT2D eigenvalue weighted by Gasteiger charge is 2.61. The molecule has 1 fully saturated rings. The quantitative estimate of drug-likeness (QED) is 0.334. The van der Waals surface area contributed by atoms with Crippen molar-refractivity contribution in [1.82, 2.24) is 14.8 Å². The van der Waals surface area contributed by atoms with Crippen LogP contribution in [0.1, 0.15) is 66.6 Å². The molecule has 3 aromatic rings. The molecule has 4 aliphatic heterocycles. The van der Waals surface area contributed by atoms with Crippen molar-refractivity contribution in [3.05, 3.63) is 86.0 Å². The number of halogens is 1. The van der Waals surface area contributed by atoms with Crippen molar-refractivity contribution in [1.29, 1.82) is 0 Å². The third kappa shape index (κ3) is 5.80. The number of ether oxygens (including phenoxy) is 5. The summed E-state index contributed by atoms with van der Waals surface area (Å²) in [5.41, 5.74) is -1.00. The first-order valence-corrected chi connectivity index (χ1v) is 18.6. The average molecular weight is 774 g/mol. The molecular formula is C40H40ClN3O11. The maximum atomic E-state index is 14.5. The largest absolute Gasteiger partial charge is 0.507 e. The van der Waals surface area contributed by atoms with Crippen LogP contribution in [0, 0.1) is 11.8 Å². The molecule has 8 rings (SSSR count). The molecule has 1 aliphatic carbocycles. The number of fused-ring (bicyclic) bond motifs is 6. The third-order valence-electron chi connectivity index (χ3n) is 11.6. The van der Waals surface area contributed by atoms with Crippen molar-refractivity contribution in [2.45, 2.75) is 63.1 Å². The number of aliphatic hydroxyl groups excluding tert-OH is 1. The highest BCUT2D eigenvalue weighted by molar-refractivity contribution is 6.35. The number of aliphatic hydroxyl groups is 1. The number of benzene rings is 2. The fraction of sp³-hybridized carbons (Fsp3) is 0.425. The summed E-state index contributed by atoms with van der Waals surface area (Å²) in [6.45, 7) is 4.57. The van der Waals surface area contributed by atoms with Crippen LogP contribution in [0.4, 0.5) is 0 Å². The molecule has 2 N–H and O–H groups in total. The van der Waals surface area contributed by atoms with Gasteiger partial charge in [-0.3, -0.25) is 24.0 Å². The first-order chi connectivity index (χ1) is 26.4. The number of nitrogens with zero attached hydrogens (tertiary/aromatic N) is 2. The van der Waals surface area contributed by atoms with Gasteiger partial charge in [-0.05, 0) is 43.0 Å². The molecule has 2 amide bonds. The minimum absolute atomic E-state index is 0.00632. The highest BCUT2D eigenvalue weighted by Crippen LogP contribution is 2.56. The Balaban J connectivity index is 1.11. The number of rotatable bonds is 8. The van der Waals surface area contributed by atoms with Gasteiger partial charge in [-0.2, -0.15) is 0 Å². The van der Waals surface area contributed by atoms with Crippen molar-refractivity contribution in [2.75, 3.05) is 34.1 Å². The molecule has 0 radical (unpaired) electrons. The number of nitrogens with one attached hydrogen (secondary N) is 1. The summed E-state index contributed by atoms with van der Waals surface area (Å²) in [5, 5.41) is 15.1. The number of ketones is 2. The van der Waals surface area contributed by atoms with E-state index in [4.69, 9.17) is 35.3 Å². The van der Waals surface area contributed by atoms with E-state index in [0.29, 0.717) is 36.7 Å². The number of hydrogen-bond acceptors (Lipinski definition) is 11. The number of carbonyl (C=O) groups excluding carboxylic acids is 4. The number of hydrogen-bond donors (Lipinski definition) is 2. The van der Waals surface area contributed by atoms with Crippen LogP contribution in [0.5, 0.6) is 28.7 Å². The molecule has 1 saturated heterocycles. The van der Waals surface area contributed by atoms with Gasteiger partial charge < -0.3 is 43.6 Å². The van der Waals surface area contributed by atoms with Crippen molar-refractivity contribution < 1.29 is 48.0 Å². The van der Waals surface area contributed by atoms with Crippen LogP contribution in [0.3, 0.4) is 0 Å². The number of piperidine rings is 1. The van der Waals surface area contributed by atoms with Crippen LogP contribution < -0.4 is 34.6 Å². The van der Waals surface area contributed by atoms with Crippen molar-refractivity contribution in [3.63, 3.8) is 0 Å². The third-order valence-corrected chi connectivity index (χ3v) is 11.9. The smallest absolute Gasteiger partial charge is 0.250 e. The zero-order valence-corrected chi connectivity index (χ0v) is 31.4. The van der Waals surface area contributed by atoms with E-state index in [-0.39, 0.29) is 76.3 Å². The molecule has 4 unspecified atom stereocenters. The van der Waals surface area contributed by atoms with Gasteiger partial charge in [-0.15, -0.1) is 0 Å². The van der Waals surface area contributed by atoms with Crippen molar-refractivity contribution >= 4 is 35.0 Å². The van der Waals surface area contributed by atoms with Crippen LogP contribution in [0.2, 0.25) is 5.02 Å². The molecule has 5 heterocycles. The first-order valence-electron chi connectivity index (χ1n) is 18.2. The summed E-state index contributed by atoms with van der Waals surface area (Å²) in [7, 11) is 2.77. The molecule has 6 atom stereocenters. The lowest BCUT2D eigenvalue weighted by Crippen LogP contribution is -2.54. The predicted molar refractivity (Wildman–Crippen MR) is 196 cm³/mol. The summed E-state index contributed by atoms with van der Waals surface area (Å²) in [4.78, 5) is 70.6. The Bertz CT molecular complexity index is 2250. The molecule has 288 valence electrons. The summed E-state index contributed by atoms with van der Waals surface area (Å²) in [5.74, 6) is -3.45. The Kier molecular flexibility index (Phi) is 9.06. The van der Waals surface area contributed by atoms with Crippen LogP contribution in [-0.2, 0) is 20.9 Å². The van der Waals surface area contributed by atoms with Gasteiger partial charge in [0.15, 0.2) is 28.8 Å². The Morgan fingerprint density at radius 3 is 2.56 bits per heavy atom. The molecule has 15 heteroatoms. The lowest BCUT2D eigenvalue weighted by atomic mass is 9.69. The lowest BCUT2D eigenvalue weighted by molar-refractivity contribution is -0.138. The second kappa shape index (κ2) is 13.7. The maximum Gasteiger partial charge on any atom is 0.250 e. The van der Waals surface area contributed by atoms with E-state index in [1.54, 1.807) is 53.6 Å². The Morgan fingerprint density at radius 2 is 1.80 bits per heavy atom. The zero-order chi connectivity index (χ0) is 38.9. The topological polar surface area (TPSA) is 172 Å². The highest BCUT2D eigenvalue weighted by atomic mass is 35.5. The lowest BCUT2D eigenvalue weighted by Gasteiger charge is -2.43. The van der Waals surface area contributed by atoms with E-state index in [1.165, 1.54) is 20.3 Å². The summed E-state index contributed by atoms with van der Waals surface area (Å²) in [6, 6.07) is 10.6. The van der Waals surface area contributed by atoms with Crippen LogP contribution >= 0.6 is 11.6 Å². The van der Waals surface area contributed by atoms with Gasteiger partial charge in [0.1, 0.15) is 28.1 Å². The fourth-order valence-corrected chi connectivity index (χ4v) is 9.22. The van der Waals surface area contributed by atoms with Crippen LogP contribution in [-0.4, -0.2) is 83.7 Å². The predicted octanol–water partition coefficient (Wildman–Crippen LogP) is 4.31. The summed E-state index contributed by atoms with van der Waals surface area (Å²) in [6.07, 6.45) is 0.273. The molecule has 1 spiro atoms. The number of allylic oxidation sites excluding steroid dienone is 1. The van der Waals surface area contributed by atoms with E-state index < -0.39 is 46.7 Å². The van der Waals surface area contributed by atoms with Gasteiger partial charge in [0.2, 0.25) is 30.0 Å². The molecular weight excluding hydrogens is 734 g/mol. The molecule has 2 aromatic carbocycles. The van der Waals surface area contributed by atoms with Gasteiger partial charge in [0, 0.05) is 73.6 Å². The van der Waals surface area contributed by atoms with Gasteiger partial charge in [-0.1, -0.05) is 30.7 Å². The van der Waals surface area contributed by atoms with Crippen LogP contribution in [0.15, 0.2) is 58.6 Å². The summed E-state index contributed by atoms with van der Waals surface area (Å²) >= 11 is 6.63. The monoisotopic (exact) mass is 773 g/mol. The normalized spacial score (nSPS) is 24.5. The van der Waals surface area contributed by atoms with Crippen molar-refractivity contribution in [2.24, 2.45) is 11.8 Å². The van der Waals surface area contributed by atoms with Crippen LogP contribution in [0.25, 0.3) is 0 Å². The second-order valence-electron chi connectivity index (χ2n) is 14.9. The number of pyridine rings is 1. The van der Waals surface area contributed by atoms with Gasteiger partial charge in [0.25, 0.3) is 5.56 Å².